The van der Waals surface area contributed by atoms with E-state index in [4.69, 9.17) is 18.9 Å². The molecule has 2 amide bonds. The van der Waals surface area contributed by atoms with Crippen molar-refractivity contribution in [1.29, 1.82) is 0 Å². The van der Waals surface area contributed by atoms with E-state index in [1.165, 1.54) is 0 Å². The fourth-order valence-corrected chi connectivity index (χ4v) is 5.44. The molecule has 0 spiro atoms. The summed E-state index contributed by atoms with van der Waals surface area (Å²) in [5.41, 5.74) is 4.52. The van der Waals surface area contributed by atoms with Gasteiger partial charge in [-0.1, -0.05) is 45.9 Å². The third-order valence-electron chi connectivity index (χ3n) is 7.82. The van der Waals surface area contributed by atoms with Gasteiger partial charge in [-0.2, -0.15) is 0 Å². The van der Waals surface area contributed by atoms with E-state index in [2.05, 4.69) is 10.6 Å². The van der Waals surface area contributed by atoms with Crippen LogP contribution in [0.5, 0.6) is 0 Å². The molecule has 0 radical (unpaired) electrons. The average Bonchev–Trinajstić information content (AvgIpc) is 3.11. The van der Waals surface area contributed by atoms with Gasteiger partial charge in [0.1, 0.15) is 0 Å². The van der Waals surface area contributed by atoms with Crippen LogP contribution in [0.2, 0.25) is 0 Å². The quantitative estimate of drug-likeness (QED) is 0.129. The molecule has 0 unspecified atom stereocenters. The first kappa shape index (κ1) is 40.3. The van der Waals surface area contributed by atoms with Crippen LogP contribution in [0.1, 0.15) is 80.9 Å². The number of rotatable bonds is 21. The summed E-state index contributed by atoms with van der Waals surface area (Å²) < 4.78 is 22.0. The Morgan fingerprint density at radius 3 is 1.67 bits per heavy atom. The summed E-state index contributed by atoms with van der Waals surface area (Å²) in [5, 5.41) is 25.0. The lowest BCUT2D eigenvalue weighted by Crippen LogP contribution is -2.27. The zero-order valence-corrected chi connectivity index (χ0v) is 29.4. The number of anilines is 1. The maximum absolute atomic E-state index is 12.6. The minimum absolute atomic E-state index is 0.116. The third kappa shape index (κ3) is 12.6. The second-order valence-electron chi connectivity index (χ2n) is 12.1. The molecule has 266 valence electrons. The third-order valence-corrected chi connectivity index (χ3v) is 7.82. The Balaban J connectivity index is 1.56. The van der Waals surface area contributed by atoms with Crippen molar-refractivity contribution in [3.8, 4) is 0 Å². The van der Waals surface area contributed by atoms with Gasteiger partial charge in [0.25, 0.3) is 0 Å². The van der Waals surface area contributed by atoms with Gasteiger partial charge in [-0.05, 0) is 61.4 Å². The molecule has 1 aromatic rings. The Morgan fingerprint density at radius 1 is 0.708 bits per heavy atom. The van der Waals surface area contributed by atoms with Crippen LogP contribution in [0.15, 0.2) is 40.6 Å². The lowest BCUT2D eigenvalue weighted by atomic mass is 9.89. The molecule has 12 nitrogen and oxygen atoms in total. The minimum Gasteiger partial charge on any atom is -0.478 e. The molecule has 48 heavy (non-hydrogen) atoms. The second-order valence-corrected chi connectivity index (χ2v) is 12.1. The number of benzene rings is 1. The van der Waals surface area contributed by atoms with E-state index in [1.54, 1.807) is 32.9 Å². The predicted octanol–water partition coefficient (Wildman–Crippen LogP) is 5.13. The van der Waals surface area contributed by atoms with Gasteiger partial charge in [-0.3, -0.25) is 9.59 Å². The summed E-state index contributed by atoms with van der Waals surface area (Å²) in [4.78, 5) is 48.6. The number of aryl methyl sites for hydroxylation is 2. The number of ether oxygens (including phenoxy) is 4. The number of hydrogen-bond donors (Lipinski definition) is 4. The van der Waals surface area contributed by atoms with Crippen molar-refractivity contribution >= 4 is 29.4 Å². The summed E-state index contributed by atoms with van der Waals surface area (Å²) in [7, 11) is 0. The number of carbonyl (C=O) groups is 4. The van der Waals surface area contributed by atoms with E-state index >= 15 is 0 Å². The van der Waals surface area contributed by atoms with E-state index in [9.17, 15) is 29.4 Å². The fourth-order valence-electron chi connectivity index (χ4n) is 5.44. The van der Waals surface area contributed by atoms with Crippen molar-refractivity contribution in [2.45, 2.75) is 74.1 Å². The van der Waals surface area contributed by atoms with Crippen LogP contribution in [-0.2, 0) is 39.8 Å². The first-order valence-corrected chi connectivity index (χ1v) is 16.4. The van der Waals surface area contributed by atoms with Crippen LogP contribution >= 0.6 is 0 Å². The first-order valence-electron chi connectivity index (χ1n) is 16.4. The van der Waals surface area contributed by atoms with Gasteiger partial charge in [0.05, 0.1) is 76.8 Å². The van der Waals surface area contributed by atoms with E-state index in [0.29, 0.717) is 80.6 Å². The summed E-state index contributed by atoms with van der Waals surface area (Å²) in [6.07, 6.45) is 5.25. The number of carboxylic acid groups (broad SMARTS) is 2. The molecule has 4 N–H and O–H groups in total. The molecule has 0 aliphatic heterocycles. The Morgan fingerprint density at radius 2 is 1.21 bits per heavy atom. The molecule has 2 rings (SSSR count). The number of carboxylic acids is 2. The Kier molecular flexibility index (Phi) is 16.7. The van der Waals surface area contributed by atoms with Crippen molar-refractivity contribution in [2.24, 2.45) is 5.41 Å². The number of nitrogens with one attached hydrogen (secondary N) is 2. The van der Waals surface area contributed by atoms with Gasteiger partial charge in [-0.25, -0.2) is 9.59 Å². The van der Waals surface area contributed by atoms with Crippen LogP contribution in [0.3, 0.4) is 0 Å². The normalized spacial score (nSPS) is 14.2. The largest absolute Gasteiger partial charge is 0.478 e. The number of amides is 2. The molecule has 0 saturated heterocycles. The van der Waals surface area contributed by atoms with Crippen molar-refractivity contribution in [2.75, 3.05) is 58.2 Å². The molecule has 0 heterocycles. The van der Waals surface area contributed by atoms with Gasteiger partial charge in [-0.15, -0.1) is 0 Å². The lowest BCUT2D eigenvalue weighted by Gasteiger charge is -2.18. The van der Waals surface area contributed by atoms with Crippen LogP contribution in [0.4, 0.5) is 5.69 Å². The fraction of sp³-hybridized carbons (Fsp3) is 0.556. The van der Waals surface area contributed by atoms with Gasteiger partial charge in [0, 0.05) is 16.8 Å². The number of aromatic carboxylic acids is 1. The summed E-state index contributed by atoms with van der Waals surface area (Å²) in [6.45, 7) is 15.3. The van der Waals surface area contributed by atoms with E-state index < -0.39 is 17.4 Å². The monoisotopic (exact) mass is 672 g/mol. The van der Waals surface area contributed by atoms with Gasteiger partial charge >= 0.3 is 11.9 Å². The maximum Gasteiger partial charge on any atom is 0.336 e. The Hall–Kier alpha value is -3.84. The standard InChI is InChI=1S/C36H52N2O10/c1-8-26-20-23(3)31(35(43)44)25(5)33(26)38-30(40)11-13-46-15-17-48-19-18-47-16-14-45-12-10-29(39)37-32-24(4)28(34(41)42)22-36(6,7)21-27(32)9-2/h20-22H,8-19H2,1-7H3,(H,37,39)(H,38,40)(H,41,42)(H,43,44). The van der Waals surface area contributed by atoms with E-state index in [-0.39, 0.29) is 49.0 Å². The molecular weight excluding hydrogens is 620 g/mol. The molecule has 0 atom stereocenters. The highest BCUT2D eigenvalue weighted by molar-refractivity contribution is 5.98. The van der Waals surface area contributed by atoms with Crippen LogP contribution in [-0.4, -0.2) is 86.8 Å². The van der Waals surface area contributed by atoms with Gasteiger partial charge < -0.3 is 39.8 Å². The molecular formula is C36H52N2O10. The molecule has 0 bridgehead atoms. The SMILES string of the molecule is CCC1=CC(C)(C)C=C(C(=O)O)C(C)=C1NC(=O)CCOCCOCCOCCOCCC(=O)Nc1c(CC)cc(C)c(C(=O)O)c1C. The van der Waals surface area contributed by atoms with Crippen LogP contribution in [0.25, 0.3) is 0 Å². The maximum atomic E-state index is 12.6. The first-order chi connectivity index (χ1) is 22.7. The minimum atomic E-state index is -1.03. The zero-order chi connectivity index (χ0) is 35.9. The lowest BCUT2D eigenvalue weighted by molar-refractivity contribution is -0.132. The van der Waals surface area contributed by atoms with Crippen molar-refractivity contribution < 1.29 is 48.3 Å². The van der Waals surface area contributed by atoms with E-state index in [1.807, 2.05) is 33.8 Å². The number of hydrogen-bond acceptors (Lipinski definition) is 8. The van der Waals surface area contributed by atoms with Gasteiger partial charge in [0.15, 0.2) is 0 Å². The highest BCUT2D eigenvalue weighted by Gasteiger charge is 2.26. The smallest absolute Gasteiger partial charge is 0.336 e. The summed E-state index contributed by atoms with van der Waals surface area (Å²) in [5.74, 6) is -2.56. The number of carbonyl (C=O) groups excluding carboxylic acids is 2. The Bertz CT molecular complexity index is 1410. The zero-order valence-electron chi connectivity index (χ0n) is 29.4. The molecule has 1 aliphatic rings. The predicted molar refractivity (Wildman–Crippen MR) is 182 cm³/mol. The van der Waals surface area contributed by atoms with Crippen LogP contribution < -0.4 is 10.6 Å². The molecule has 12 heteroatoms. The molecule has 1 aliphatic carbocycles. The second kappa shape index (κ2) is 19.9. The Labute approximate surface area is 283 Å². The topological polar surface area (TPSA) is 170 Å². The number of aliphatic carboxylic acids is 1. The highest BCUT2D eigenvalue weighted by Crippen LogP contribution is 2.34. The van der Waals surface area contributed by atoms with Crippen molar-refractivity contribution in [1.82, 2.24) is 5.32 Å². The summed E-state index contributed by atoms with van der Waals surface area (Å²) >= 11 is 0. The molecule has 0 saturated carbocycles. The van der Waals surface area contributed by atoms with E-state index in [0.717, 1.165) is 11.1 Å². The molecule has 1 aromatic carbocycles. The summed E-state index contributed by atoms with van der Waals surface area (Å²) in [6, 6.07) is 1.80. The average molecular weight is 673 g/mol. The molecule has 0 fully saturated rings. The molecule has 0 aromatic heterocycles. The van der Waals surface area contributed by atoms with Crippen LogP contribution in [0, 0.1) is 19.3 Å². The van der Waals surface area contributed by atoms with Crippen molar-refractivity contribution in [3.63, 3.8) is 0 Å². The van der Waals surface area contributed by atoms with Gasteiger partial charge in [0.2, 0.25) is 11.8 Å². The van der Waals surface area contributed by atoms with Crippen molar-refractivity contribution in [3.05, 3.63) is 62.9 Å². The highest BCUT2D eigenvalue weighted by atomic mass is 16.6. The number of allylic oxidation sites excluding steroid dienone is 3.